The number of hydrogen-bond donors (Lipinski definition) is 2. The fourth-order valence-electron chi connectivity index (χ4n) is 1.78. The minimum atomic E-state index is -0.733. The Hall–Kier alpha value is -1.69. The molecule has 17 heavy (non-hydrogen) atoms. The Morgan fingerprint density at radius 1 is 1.53 bits per heavy atom. The van der Waals surface area contributed by atoms with E-state index in [4.69, 9.17) is 0 Å². The van der Waals surface area contributed by atoms with E-state index in [1.807, 2.05) is 13.8 Å². The number of fused-ring (bicyclic) bond motifs is 1. The third-order valence-corrected chi connectivity index (χ3v) is 2.64. The van der Waals surface area contributed by atoms with Crippen molar-refractivity contribution in [3.8, 4) is 0 Å². The van der Waals surface area contributed by atoms with E-state index < -0.39 is 5.60 Å². The second-order valence-corrected chi connectivity index (χ2v) is 4.44. The Labute approximate surface area is 99.7 Å². The van der Waals surface area contributed by atoms with Gasteiger partial charge in [0, 0.05) is 18.9 Å². The molecule has 2 aromatic heterocycles. The van der Waals surface area contributed by atoms with Crippen LogP contribution in [0.4, 0.5) is 5.82 Å². The maximum absolute atomic E-state index is 10.1. The van der Waals surface area contributed by atoms with Gasteiger partial charge in [0.25, 0.3) is 0 Å². The third-order valence-electron chi connectivity index (χ3n) is 2.64. The van der Waals surface area contributed by atoms with Crippen molar-refractivity contribution in [3.05, 3.63) is 18.7 Å². The molecule has 0 aliphatic carbocycles. The lowest BCUT2D eigenvalue weighted by atomic mass is 10.0. The van der Waals surface area contributed by atoms with E-state index in [-0.39, 0.29) is 0 Å². The van der Waals surface area contributed by atoms with Gasteiger partial charge in [-0.05, 0) is 13.3 Å². The highest BCUT2D eigenvalue weighted by Gasteiger charge is 2.19. The van der Waals surface area contributed by atoms with E-state index in [9.17, 15) is 5.11 Å². The first-order chi connectivity index (χ1) is 8.12. The van der Waals surface area contributed by atoms with Crippen LogP contribution in [0.25, 0.3) is 5.65 Å². The van der Waals surface area contributed by atoms with Gasteiger partial charge in [-0.2, -0.15) is 0 Å². The molecule has 2 heterocycles. The lowest BCUT2D eigenvalue weighted by molar-refractivity contribution is 0.0636. The highest BCUT2D eigenvalue weighted by molar-refractivity contribution is 5.61. The van der Waals surface area contributed by atoms with Crippen LogP contribution in [0, 0.1) is 0 Å². The Bertz CT molecular complexity index is 493. The molecule has 0 aromatic carbocycles. The molecule has 0 spiro atoms. The van der Waals surface area contributed by atoms with Gasteiger partial charge < -0.3 is 10.4 Å². The van der Waals surface area contributed by atoms with Gasteiger partial charge in [-0.1, -0.05) is 13.3 Å². The van der Waals surface area contributed by atoms with Crippen molar-refractivity contribution in [2.75, 3.05) is 11.9 Å². The van der Waals surface area contributed by atoms with Crippen LogP contribution >= 0.6 is 0 Å². The van der Waals surface area contributed by atoms with Crippen molar-refractivity contribution in [3.63, 3.8) is 0 Å². The highest BCUT2D eigenvalue weighted by Crippen LogP contribution is 2.15. The molecule has 2 N–H and O–H groups in total. The normalized spacial score (nSPS) is 14.8. The Morgan fingerprint density at radius 3 is 3.12 bits per heavy atom. The van der Waals surface area contributed by atoms with Crippen LogP contribution in [0.15, 0.2) is 18.7 Å². The van der Waals surface area contributed by atoms with Gasteiger partial charge in [0.05, 0.1) is 5.60 Å². The van der Waals surface area contributed by atoms with Gasteiger partial charge in [0.15, 0.2) is 5.82 Å². The predicted octanol–water partition coefficient (Wildman–Crippen LogP) is 1.09. The number of nitrogens with zero attached hydrogens (tertiary/aromatic N) is 4. The van der Waals surface area contributed by atoms with E-state index in [0.717, 1.165) is 12.8 Å². The largest absolute Gasteiger partial charge is 0.388 e. The molecule has 2 aromatic rings. The van der Waals surface area contributed by atoms with Crippen LogP contribution in [0.5, 0.6) is 0 Å². The third kappa shape index (κ3) is 2.71. The standard InChI is InChI=1S/C11H17N5O/c1-3-4-11(2,17)7-13-9-10-15-14-8-16(10)6-5-12-9/h5-6,8,17H,3-4,7H2,1-2H3,(H,12,13). The summed E-state index contributed by atoms with van der Waals surface area (Å²) in [5.74, 6) is 0.640. The Morgan fingerprint density at radius 2 is 2.35 bits per heavy atom. The van der Waals surface area contributed by atoms with Crippen LogP contribution in [-0.2, 0) is 0 Å². The van der Waals surface area contributed by atoms with Crippen LogP contribution in [0.2, 0.25) is 0 Å². The first-order valence-corrected chi connectivity index (χ1v) is 5.73. The summed E-state index contributed by atoms with van der Waals surface area (Å²) in [7, 11) is 0. The minimum Gasteiger partial charge on any atom is -0.388 e. The summed E-state index contributed by atoms with van der Waals surface area (Å²) in [4.78, 5) is 4.20. The van der Waals surface area contributed by atoms with E-state index in [1.165, 1.54) is 0 Å². The number of hydrogen-bond acceptors (Lipinski definition) is 5. The summed E-state index contributed by atoms with van der Waals surface area (Å²) in [6, 6.07) is 0. The maximum Gasteiger partial charge on any atom is 0.203 e. The zero-order chi connectivity index (χ0) is 12.3. The van der Waals surface area contributed by atoms with Crippen LogP contribution in [-0.4, -0.2) is 36.8 Å². The minimum absolute atomic E-state index is 0.445. The molecule has 92 valence electrons. The molecule has 0 saturated heterocycles. The fraction of sp³-hybridized carbons (Fsp3) is 0.545. The van der Waals surface area contributed by atoms with Gasteiger partial charge in [-0.25, -0.2) is 4.98 Å². The lowest BCUT2D eigenvalue weighted by Crippen LogP contribution is -2.33. The quantitative estimate of drug-likeness (QED) is 0.811. The van der Waals surface area contributed by atoms with E-state index in [0.29, 0.717) is 18.0 Å². The number of aromatic nitrogens is 4. The van der Waals surface area contributed by atoms with Crippen molar-refractivity contribution < 1.29 is 5.11 Å². The average molecular weight is 235 g/mol. The summed E-state index contributed by atoms with van der Waals surface area (Å²) in [5.41, 5.74) is -0.0664. The summed E-state index contributed by atoms with van der Waals surface area (Å²) in [5, 5.41) is 21.0. The molecule has 0 aliphatic heterocycles. The molecule has 1 unspecified atom stereocenters. The monoisotopic (exact) mass is 235 g/mol. The number of rotatable bonds is 5. The van der Waals surface area contributed by atoms with Crippen molar-refractivity contribution in [1.82, 2.24) is 19.6 Å². The summed E-state index contributed by atoms with van der Waals surface area (Å²) in [6.07, 6.45) is 6.76. The molecule has 6 nitrogen and oxygen atoms in total. The zero-order valence-electron chi connectivity index (χ0n) is 10.1. The van der Waals surface area contributed by atoms with E-state index >= 15 is 0 Å². The Kier molecular flexibility index (Phi) is 3.23. The number of nitrogens with one attached hydrogen (secondary N) is 1. The van der Waals surface area contributed by atoms with Gasteiger partial charge >= 0.3 is 0 Å². The second kappa shape index (κ2) is 4.67. The van der Waals surface area contributed by atoms with Crippen molar-refractivity contribution in [2.45, 2.75) is 32.3 Å². The molecule has 0 bridgehead atoms. The topological polar surface area (TPSA) is 75.3 Å². The molecule has 0 radical (unpaired) electrons. The SMILES string of the molecule is CCCC(C)(O)CNc1nccn2cnnc12. The summed E-state index contributed by atoms with van der Waals surface area (Å²) >= 11 is 0. The van der Waals surface area contributed by atoms with Crippen molar-refractivity contribution >= 4 is 11.5 Å². The van der Waals surface area contributed by atoms with Crippen LogP contribution < -0.4 is 5.32 Å². The lowest BCUT2D eigenvalue weighted by Gasteiger charge is -2.23. The zero-order valence-corrected chi connectivity index (χ0v) is 10.1. The number of aliphatic hydroxyl groups is 1. The van der Waals surface area contributed by atoms with Crippen molar-refractivity contribution in [1.29, 1.82) is 0 Å². The first-order valence-electron chi connectivity index (χ1n) is 5.73. The molecule has 6 heteroatoms. The van der Waals surface area contributed by atoms with Crippen molar-refractivity contribution in [2.24, 2.45) is 0 Å². The fourth-order valence-corrected chi connectivity index (χ4v) is 1.78. The van der Waals surface area contributed by atoms with Gasteiger partial charge in [0.1, 0.15) is 6.33 Å². The van der Waals surface area contributed by atoms with E-state index in [1.54, 1.807) is 23.1 Å². The average Bonchev–Trinajstić information content (AvgIpc) is 2.74. The molecule has 0 fully saturated rings. The molecule has 0 aliphatic rings. The molecular formula is C11H17N5O. The second-order valence-electron chi connectivity index (χ2n) is 4.44. The first kappa shape index (κ1) is 11.8. The summed E-state index contributed by atoms with van der Waals surface area (Å²) < 4.78 is 1.78. The highest BCUT2D eigenvalue weighted by atomic mass is 16.3. The maximum atomic E-state index is 10.1. The molecule has 2 rings (SSSR count). The van der Waals surface area contributed by atoms with Crippen LogP contribution in [0.3, 0.4) is 0 Å². The smallest absolute Gasteiger partial charge is 0.203 e. The summed E-state index contributed by atoms with van der Waals surface area (Å²) in [6.45, 7) is 4.31. The van der Waals surface area contributed by atoms with Gasteiger partial charge in [0.2, 0.25) is 5.65 Å². The van der Waals surface area contributed by atoms with Gasteiger partial charge in [-0.3, -0.25) is 4.40 Å². The molecule has 0 saturated carbocycles. The molecule has 0 amide bonds. The predicted molar refractivity (Wildman–Crippen MR) is 64.8 cm³/mol. The van der Waals surface area contributed by atoms with Crippen LogP contribution in [0.1, 0.15) is 26.7 Å². The van der Waals surface area contributed by atoms with Gasteiger partial charge in [-0.15, -0.1) is 10.2 Å². The number of anilines is 1. The molecule has 1 atom stereocenters. The Balaban J connectivity index is 2.11. The van der Waals surface area contributed by atoms with E-state index in [2.05, 4.69) is 20.5 Å². The molecular weight excluding hydrogens is 218 g/mol.